The van der Waals surface area contributed by atoms with E-state index in [2.05, 4.69) is 16.0 Å². The first-order chi connectivity index (χ1) is 13.7. The van der Waals surface area contributed by atoms with E-state index in [0.717, 1.165) is 11.1 Å². The summed E-state index contributed by atoms with van der Waals surface area (Å²) in [5, 5.41) is 8.29. The van der Waals surface area contributed by atoms with E-state index < -0.39 is 18.0 Å². The van der Waals surface area contributed by atoms with Crippen LogP contribution in [0.25, 0.3) is 0 Å². The van der Waals surface area contributed by atoms with Crippen molar-refractivity contribution in [3.8, 4) is 0 Å². The van der Waals surface area contributed by atoms with Gasteiger partial charge in [0, 0.05) is 17.8 Å². The van der Waals surface area contributed by atoms with Gasteiger partial charge in [0.1, 0.15) is 6.04 Å². The summed E-state index contributed by atoms with van der Waals surface area (Å²) in [4.78, 5) is 36.1. The highest BCUT2D eigenvalue weighted by molar-refractivity contribution is 5.98. The summed E-state index contributed by atoms with van der Waals surface area (Å²) in [6.45, 7) is 6.33. The number of amides is 4. The van der Waals surface area contributed by atoms with Gasteiger partial charge in [0.25, 0.3) is 0 Å². The number of rotatable bonds is 8. The second-order valence-corrected chi connectivity index (χ2v) is 7.43. The molecule has 1 unspecified atom stereocenters. The molecule has 29 heavy (non-hydrogen) atoms. The first-order valence-corrected chi connectivity index (χ1v) is 9.55. The predicted molar refractivity (Wildman–Crippen MR) is 113 cm³/mol. The Morgan fingerprint density at radius 1 is 0.966 bits per heavy atom. The van der Waals surface area contributed by atoms with Gasteiger partial charge in [-0.15, -0.1) is 0 Å². The van der Waals surface area contributed by atoms with Gasteiger partial charge in [-0.05, 0) is 49.1 Å². The van der Waals surface area contributed by atoms with Crippen molar-refractivity contribution in [1.82, 2.24) is 10.6 Å². The molecular weight excluding hydrogens is 368 g/mol. The molecular formula is C22H28N4O3. The van der Waals surface area contributed by atoms with Gasteiger partial charge < -0.3 is 21.7 Å². The summed E-state index contributed by atoms with van der Waals surface area (Å²) < 4.78 is 0. The Morgan fingerprint density at radius 3 is 2.14 bits per heavy atom. The summed E-state index contributed by atoms with van der Waals surface area (Å²) in [5.74, 6) is -0.649. The average Bonchev–Trinajstić information content (AvgIpc) is 2.67. The molecule has 0 fully saturated rings. The second-order valence-electron chi connectivity index (χ2n) is 7.43. The molecule has 4 amide bonds. The Labute approximate surface area is 171 Å². The van der Waals surface area contributed by atoms with E-state index in [-0.39, 0.29) is 11.8 Å². The molecule has 1 atom stereocenters. The fraction of sp³-hybridized carbons (Fsp3) is 0.318. The van der Waals surface area contributed by atoms with Crippen LogP contribution in [0.5, 0.6) is 0 Å². The maximum absolute atomic E-state index is 12.7. The Balaban J connectivity index is 1.95. The highest BCUT2D eigenvalue weighted by atomic mass is 16.2. The van der Waals surface area contributed by atoms with Gasteiger partial charge in [0.15, 0.2) is 0 Å². The molecule has 0 bridgehead atoms. The number of carbonyl (C=O) groups is 3. The van der Waals surface area contributed by atoms with Crippen molar-refractivity contribution in [2.75, 3.05) is 5.32 Å². The Hall–Kier alpha value is -3.35. The monoisotopic (exact) mass is 396 g/mol. The summed E-state index contributed by atoms with van der Waals surface area (Å²) in [6, 6.07) is 13.0. The molecule has 0 spiro atoms. The molecule has 0 aromatic heterocycles. The van der Waals surface area contributed by atoms with E-state index in [4.69, 9.17) is 5.73 Å². The predicted octanol–water partition coefficient (Wildman–Crippen LogP) is 2.95. The first-order valence-electron chi connectivity index (χ1n) is 9.55. The molecule has 2 rings (SSSR count). The normalized spacial score (nSPS) is 11.6. The third-order valence-corrected chi connectivity index (χ3v) is 4.34. The van der Waals surface area contributed by atoms with Crippen LogP contribution in [0.3, 0.4) is 0 Å². The van der Waals surface area contributed by atoms with E-state index in [1.54, 1.807) is 12.1 Å². The van der Waals surface area contributed by atoms with E-state index >= 15 is 0 Å². The smallest absolute Gasteiger partial charge is 0.315 e. The van der Waals surface area contributed by atoms with Crippen LogP contribution in [-0.2, 0) is 11.3 Å². The van der Waals surface area contributed by atoms with Crippen molar-refractivity contribution in [1.29, 1.82) is 0 Å². The topological polar surface area (TPSA) is 113 Å². The number of urea groups is 1. The van der Waals surface area contributed by atoms with Crippen LogP contribution in [0.2, 0.25) is 0 Å². The molecule has 7 heteroatoms. The highest BCUT2D eigenvalue weighted by Gasteiger charge is 2.22. The van der Waals surface area contributed by atoms with Crippen molar-refractivity contribution in [3.05, 3.63) is 65.2 Å². The number of benzene rings is 2. The van der Waals surface area contributed by atoms with Gasteiger partial charge in [0.05, 0.1) is 0 Å². The van der Waals surface area contributed by atoms with Crippen molar-refractivity contribution in [3.63, 3.8) is 0 Å². The van der Waals surface area contributed by atoms with Crippen LogP contribution >= 0.6 is 0 Å². The van der Waals surface area contributed by atoms with Crippen LogP contribution in [-0.4, -0.2) is 23.9 Å². The third kappa shape index (κ3) is 7.29. The van der Waals surface area contributed by atoms with Gasteiger partial charge in [-0.3, -0.25) is 9.59 Å². The van der Waals surface area contributed by atoms with Gasteiger partial charge >= 0.3 is 6.03 Å². The number of carbonyl (C=O) groups excluding carboxylic acids is 3. The number of anilines is 1. The third-order valence-electron chi connectivity index (χ3n) is 4.34. The van der Waals surface area contributed by atoms with E-state index in [1.807, 2.05) is 45.0 Å². The lowest BCUT2D eigenvalue weighted by molar-refractivity contribution is -0.118. The molecule has 5 N–H and O–H groups in total. The van der Waals surface area contributed by atoms with Crippen LogP contribution in [0.1, 0.15) is 41.8 Å². The SMILES string of the molecule is Cc1ccc(CNC(=O)NC(CC(C)C)C(=O)Nc2ccc(C(N)=O)cc2)cc1. The van der Waals surface area contributed by atoms with Crippen LogP contribution in [0, 0.1) is 12.8 Å². The Bertz CT molecular complexity index is 845. The van der Waals surface area contributed by atoms with Crippen LogP contribution in [0.15, 0.2) is 48.5 Å². The Kier molecular flexibility index (Phi) is 7.77. The molecule has 7 nitrogen and oxygen atoms in total. The van der Waals surface area contributed by atoms with Crippen LogP contribution < -0.4 is 21.7 Å². The molecule has 2 aromatic rings. The molecule has 2 aromatic carbocycles. The Morgan fingerprint density at radius 2 is 1.59 bits per heavy atom. The minimum Gasteiger partial charge on any atom is -0.366 e. The lowest BCUT2D eigenvalue weighted by atomic mass is 10.0. The minimum atomic E-state index is -0.691. The van der Waals surface area contributed by atoms with E-state index in [0.29, 0.717) is 24.2 Å². The molecule has 0 radical (unpaired) electrons. The molecule has 0 saturated heterocycles. The van der Waals surface area contributed by atoms with E-state index in [1.165, 1.54) is 12.1 Å². The summed E-state index contributed by atoms with van der Waals surface area (Å²) in [7, 11) is 0. The molecule has 0 aliphatic heterocycles. The summed E-state index contributed by atoms with van der Waals surface area (Å²) in [6.07, 6.45) is 0.489. The zero-order valence-corrected chi connectivity index (χ0v) is 17.0. The van der Waals surface area contributed by atoms with Crippen molar-refractivity contribution >= 4 is 23.5 Å². The lowest BCUT2D eigenvalue weighted by Crippen LogP contribution is -2.48. The van der Waals surface area contributed by atoms with Gasteiger partial charge in [-0.2, -0.15) is 0 Å². The van der Waals surface area contributed by atoms with Crippen molar-refractivity contribution in [2.45, 2.75) is 39.8 Å². The zero-order chi connectivity index (χ0) is 21.4. The quantitative estimate of drug-likeness (QED) is 0.550. The lowest BCUT2D eigenvalue weighted by Gasteiger charge is -2.20. The highest BCUT2D eigenvalue weighted by Crippen LogP contribution is 2.12. The average molecular weight is 396 g/mol. The fourth-order valence-corrected chi connectivity index (χ4v) is 2.75. The first kappa shape index (κ1) is 21.9. The second kappa shape index (κ2) is 10.3. The fourth-order valence-electron chi connectivity index (χ4n) is 2.75. The molecule has 0 saturated carbocycles. The van der Waals surface area contributed by atoms with Gasteiger partial charge in [-0.1, -0.05) is 43.7 Å². The van der Waals surface area contributed by atoms with Gasteiger partial charge in [0.2, 0.25) is 11.8 Å². The molecule has 0 aliphatic rings. The number of nitrogens with one attached hydrogen (secondary N) is 3. The van der Waals surface area contributed by atoms with Gasteiger partial charge in [-0.25, -0.2) is 4.79 Å². The number of primary amides is 1. The van der Waals surface area contributed by atoms with Crippen LogP contribution in [0.4, 0.5) is 10.5 Å². The van der Waals surface area contributed by atoms with E-state index in [9.17, 15) is 14.4 Å². The zero-order valence-electron chi connectivity index (χ0n) is 17.0. The van der Waals surface area contributed by atoms with Crippen molar-refractivity contribution < 1.29 is 14.4 Å². The minimum absolute atomic E-state index is 0.209. The number of hydrogen-bond donors (Lipinski definition) is 4. The largest absolute Gasteiger partial charge is 0.366 e. The van der Waals surface area contributed by atoms with Crippen molar-refractivity contribution in [2.24, 2.45) is 11.7 Å². The number of nitrogens with two attached hydrogens (primary N) is 1. The number of aryl methyl sites for hydroxylation is 1. The summed E-state index contributed by atoms with van der Waals surface area (Å²) >= 11 is 0. The standard InChI is InChI=1S/C22H28N4O3/c1-14(2)12-19(21(28)25-18-10-8-17(9-11-18)20(23)27)26-22(29)24-13-16-6-4-15(3)5-7-16/h4-11,14,19H,12-13H2,1-3H3,(H2,23,27)(H,25,28)(H2,24,26,29). The summed E-state index contributed by atoms with van der Waals surface area (Å²) in [5.41, 5.74) is 8.23. The number of hydrogen-bond acceptors (Lipinski definition) is 3. The maximum atomic E-state index is 12.7. The molecule has 154 valence electrons. The maximum Gasteiger partial charge on any atom is 0.315 e. The molecule has 0 aliphatic carbocycles. The molecule has 0 heterocycles.